The average Bonchev–Trinajstić information content (AvgIpc) is 2.71. The van der Waals surface area contributed by atoms with Crippen LogP contribution in [0.25, 0.3) is 0 Å². The van der Waals surface area contributed by atoms with Crippen LogP contribution in [0.5, 0.6) is 0 Å². The van der Waals surface area contributed by atoms with E-state index in [0.29, 0.717) is 11.3 Å². The van der Waals surface area contributed by atoms with Gasteiger partial charge in [0, 0.05) is 11.7 Å². The minimum absolute atomic E-state index is 0.0768. The Balaban J connectivity index is 2.01. The molecular weight excluding hydrogens is 268 g/mol. The topological polar surface area (TPSA) is 78.4 Å². The van der Waals surface area contributed by atoms with Crippen molar-refractivity contribution in [3.05, 3.63) is 29.3 Å². The van der Waals surface area contributed by atoms with Crippen molar-refractivity contribution in [3.63, 3.8) is 0 Å². The molecule has 1 aromatic carbocycles. The molecule has 0 aromatic heterocycles. The zero-order valence-electron chi connectivity index (χ0n) is 13.1. The maximum Gasteiger partial charge on any atom is 0.335 e. The number of carbonyl (C=O) groups is 2. The Morgan fingerprint density at radius 2 is 1.71 bits per heavy atom. The molecule has 3 N–H and O–H groups in total. The van der Waals surface area contributed by atoms with Gasteiger partial charge < -0.3 is 15.7 Å². The highest BCUT2D eigenvalue weighted by Crippen LogP contribution is 2.62. The number of nitrogens with one attached hydrogen (secondary N) is 2. The SMILES string of the molecule is Cc1cc(NC(=O)NC2C(C)(C)C2(C)C)ccc1C(=O)O. The van der Waals surface area contributed by atoms with E-state index in [1.54, 1.807) is 19.1 Å². The Bertz CT molecular complexity index is 592. The summed E-state index contributed by atoms with van der Waals surface area (Å²) in [5, 5.41) is 14.7. The second-order valence-corrected chi connectivity index (χ2v) is 6.81. The van der Waals surface area contributed by atoms with Gasteiger partial charge in [0.05, 0.1) is 5.56 Å². The van der Waals surface area contributed by atoms with E-state index in [1.807, 2.05) is 0 Å². The van der Waals surface area contributed by atoms with Crippen LogP contribution in [0.4, 0.5) is 10.5 Å². The number of carboxylic acids is 1. The first-order valence-electron chi connectivity index (χ1n) is 6.99. The highest BCUT2D eigenvalue weighted by Gasteiger charge is 2.65. The Kier molecular flexibility index (Phi) is 3.48. The molecule has 0 spiro atoms. The van der Waals surface area contributed by atoms with Crippen molar-refractivity contribution in [2.24, 2.45) is 10.8 Å². The van der Waals surface area contributed by atoms with Crippen LogP contribution in [-0.2, 0) is 0 Å². The number of urea groups is 1. The number of hydrogen-bond acceptors (Lipinski definition) is 2. The number of hydrogen-bond donors (Lipinski definition) is 3. The molecule has 0 saturated heterocycles. The molecule has 1 fully saturated rings. The minimum atomic E-state index is -0.968. The van der Waals surface area contributed by atoms with Crippen LogP contribution in [0, 0.1) is 17.8 Å². The van der Waals surface area contributed by atoms with Gasteiger partial charge in [-0.05, 0) is 41.5 Å². The number of aromatic carboxylic acids is 1. The monoisotopic (exact) mass is 290 g/mol. The van der Waals surface area contributed by atoms with Crippen LogP contribution in [0.1, 0.15) is 43.6 Å². The van der Waals surface area contributed by atoms with E-state index in [4.69, 9.17) is 5.11 Å². The van der Waals surface area contributed by atoms with Crippen molar-refractivity contribution in [1.82, 2.24) is 5.32 Å². The summed E-state index contributed by atoms with van der Waals surface area (Å²) in [6.07, 6.45) is 0. The third-order valence-corrected chi connectivity index (χ3v) is 5.01. The van der Waals surface area contributed by atoms with Crippen LogP contribution in [-0.4, -0.2) is 23.1 Å². The Labute approximate surface area is 124 Å². The van der Waals surface area contributed by atoms with Crippen LogP contribution in [0.15, 0.2) is 18.2 Å². The molecular formula is C16H22N2O3. The zero-order chi connectivity index (χ0) is 16.0. The Morgan fingerprint density at radius 3 is 2.14 bits per heavy atom. The molecule has 0 heterocycles. The van der Waals surface area contributed by atoms with Gasteiger partial charge in [-0.25, -0.2) is 9.59 Å². The summed E-state index contributed by atoms with van der Waals surface area (Å²) in [4.78, 5) is 23.0. The molecule has 0 atom stereocenters. The minimum Gasteiger partial charge on any atom is -0.478 e. The highest BCUT2D eigenvalue weighted by molar-refractivity contribution is 5.93. The molecule has 1 aliphatic carbocycles. The lowest BCUT2D eigenvalue weighted by atomic mass is 10.0. The zero-order valence-corrected chi connectivity index (χ0v) is 13.1. The summed E-state index contributed by atoms with van der Waals surface area (Å²) in [5.41, 5.74) is 1.60. The molecule has 2 rings (SSSR count). The number of anilines is 1. The van der Waals surface area contributed by atoms with Crippen molar-refractivity contribution in [1.29, 1.82) is 0 Å². The van der Waals surface area contributed by atoms with Crippen molar-refractivity contribution in [2.75, 3.05) is 5.32 Å². The number of rotatable bonds is 3. The Hall–Kier alpha value is -2.04. The molecule has 5 nitrogen and oxygen atoms in total. The molecule has 1 aromatic rings. The lowest BCUT2D eigenvalue weighted by molar-refractivity contribution is 0.0696. The van der Waals surface area contributed by atoms with Gasteiger partial charge in [-0.2, -0.15) is 0 Å². The van der Waals surface area contributed by atoms with Gasteiger partial charge in [0.25, 0.3) is 0 Å². The van der Waals surface area contributed by atoms with E-state index in [0.717, 1.165) is 0 Å². The molecule has 0 unspecified atom stereocenters. The van der Waals surface area contributed by atoms with Crippen LogP contribution >= 0.6 is 0 Å². The van der Waals surface area contributed by atoms with Gasteiger partial charge in [-0.1, -0.05) is 27.7 Å². The van der Waals surface area contributed by atoms with Gasteiger partial charge >= 0.3 is 12.0 Å². The first kappa shape index (κ1) is 15.4. The standard InChI is InChI=1S/C16H22N2O3/c1-9-8-10(6-7-11(9)12(19)20)17-14(21)18-13-15(2,3)16(13,4)5/h6-8,13H,1-5H3,(H,19,20)(H2,17,18,21). The molecule has 0 bridgehead atoms. The average molecular weight is 290 g/mol. The first-order valence-corrected chi connectivity index (χ1v) is 6.99. The normalized spacial score (nSPS) is 18.9. The van der Waals surface area contributed by atoms with Gasteiger partial charge in [0.2, 0.25) is 0 Å². The summed E-state index contributed by atoms with van der Waals surface area (Å²) in [6.45, 7) is 10.2. The number of carboxylic acid groups (broad SMARTS) is 1. The molecule has 114 valence electrons. The molecule has 2 amide bonds. The molecule has 0 aliphatic heterocycles. The second-order valence-electron chi connectivity index (χ2n) is 6.81. The summed E-state index contributed by atoms with van der Waals surface area (Å²) in [6, 6.07) is 4.62. The molecule has 21 heavy (non-hydrogen) atoms. The third kappa shape index (κ3) is 2.60. The number of amides is 2. The Morgan fingerprint density at radius 1 is 1.14 bits per heavy atom. The van der Waals surface area contributed by atoms with E-state index in [2.05, 4.69) is 38.3 Å². The molecule has 1 saturated carbocycles. The summed E-state index contributed by atoms with van der Waals surface area (Å²) in [5.74, 6) is -0.968. The summed E-state index contributed by atoms with van der Waals surface area (Å²) in [7, 11) is 0. The van der Waals surface area contributed by atoms with Crippen molar-refractivity contribution in [2.45, 2.75) is 40.7 Å². The predicted octanol–water partition coefficient (Wildman–Crippen LogP) is 3.25. The second kappa shape index (κ2) is 4.76. The largest absolute Gasteiger partial charge is 0.478 e. The summed E-state index contributed by atoms with van der Waals surface area (Å²) >= 11 is 0. The number of benzene rings is 1. The smallest absolute Gasteiger partial charge is 0.335 e. The maximum absolute atomic E-state index is 12.0. The predicted molar refractivity (Wildman–Crippen MR) is 81.6 cm³/mol. The van der Waals surface area contributed by atoms with E-state index in [-0.39, 0.29) is 28.5 Å². The molecule has 0 radical (unpaired) electrons. The van der Waals surface area contributed by atoms with Crippen molar-refractivity contribution in [3.8, 4) is 0 Å². The fourth-order valence-corrected chi connectivity index (χ4v) is 2.84. The van der Waals surface area contributed by atoms with Crippen LogP contribution in [0.3, 0.4) is 0 Å². The van der Waals surface area contributed by atoms with E-state index in [1.165, 1.54) is 6.07 Å². The quantitative estimate of drug-likeness (QED) is 0.799. The van der Waals surface area contributed by atoms with E-state index >= 15 is 0 Å². The van der Waals surface area contributed by atoms with E-state index in [9.17, 15) is 9.59 Å². The van der Waals surface area contributed by atoms with E-state index < -0.39 is 5.97 Å². The van der Waals surface area contributed by atoms with Gasteiger partial charge in [-0.15, -0.1) is 0 Å². The van der Waals surface area contributed by atoms with Crippen LogP contribution in [0.2, 0.25) is 0 Å². The molecule has 1 aliphatic rings. The first-order chi connectivity index (χ1) is 9.57. The van der Waals surface area contributed by atoms with Gasteiger partial charge in [-0.3, -0.25) is 0 Å². The van der Waals surface area contributed by atoms with Crippen molar-refractivity contribution >= 4 is 17.7 Å². The van der Waals surface area contributed by atoms with Crippen molar-refractivity contribution < 1.29 is 14.7 Å². The van der Waals surface area contributed by atoms with Gasteiger partial charge in [0.1, 0.15) is 0 Å². The summed E-state index contributed by atoms with van der Waals surface area (Å²) < 4.78 is 0. The highest BCUT2D eigenvalue weighted by atomic mass is 16.4. The van der Waals surface area contributed by atoms with Crippen LogP contribution < -0.4 is 10.6 Å². The fourth-order valence-electron chi connectivity index (χ4n) is 2.84. The van der Waals surface area contributed by atoms with Gasteiger partial charge in [0.15, 0.2) is 0 Å². The number of aryl methyl sites for hydroxylation is 1. The fraction of sp³-hybridized carbons (Fsp3) is 0.500. The molecule has 5 heteroatoms. The maximum atomic E-state index is 12.0. The lowest BCUT2D eigenvalue weighted by Gasteiger charge is -2.10. The third-order valence-electron chi connectivity index (χ3n) is 5.01. The lowest BCUT2D eigenvalue weighted by Crippen LogP contribution is -2.33. The number of carbonyl (C=O) groups excluding carboxylic acids is 1.